The van der Waals surface area contributed by atoms with Gasteiger partial charge in [-0.2, -0.15) is 0 Å². The number of hydrogen-bond donors (Lipinski definition) is 2. The molecule has 1 saturated heterocycles. The lowest BCUT2D eigenvalue weighted by molar-refractivity contribution is 0.162. The number of anilines is 1. The van der Waals surface area contributed by atoms with E-state index >= 15 is 0 Å². The number of aromatic nitrogens is 1. The summed E-state index contributed by atoms with van der Waals surface area (Å²) in [5.41, 5.74) is 1.18. The van der Waals surface area contributed by atoms with Gasteiger partial charge in [-0.25, -0.2) is 4.98 Å². The Kier molecular flexibility index (Phi) is 7.33. The van der Waals surface area contributed by atoms with Crippen LogP contribution in [-0.4, -0.2) is 24.2 Å². The first-order valence-corrected chi connectivity index (χ1v) is 11.5. The minimum absolute atomic E-state index is 0.315. The highest BCUT2D eigenvalue weighted by molar-refractivity contribution is 7.15. The van der Waals surface area contributed by atoms with Gasteiger partial charge in [-0.1, -0.05) is 46.7 Å². The quantitative estimate of drug-likeness (QED) is 0.443. The van der Waals surface area contributed by atoms with E-state index in [0.717, 1.165) is 41.7 Å². The molecule has 1 fully saturated rings. The van der Waals surface area contributed by atoms with Crippen molar-refractivity contribution in [3.8, 4) is 11.5 Å². The number of nitrogens with zero attached hydrogens (tertiary/aromatic N) is 1. The number of nitrogens with one attached hydrogen (secondary N) is 2. The summed E-state index contributed by atoms with van der Waals surface area (Å²) in [6, 6.07) is 13.5. The topological polar surface area (TPSA) is 55.4 Å². The van der Waals surface area contributed by atoms with Gasteiger partial charge in [0.1, 0.15) is 24.2 Å². The zero-order chi connectivity index (χ0) is 20.8. The first-order chi connectivity index (χ1) is 14.7. The average Bonchev–Trinajstić information content (AvgIpc) is 3.23. The van der Waals surface area contributed by atoms with Gasteiger partial charge < -0.3 is 20.1 Å². The van der Waals surface area contributed by atoms with E-state index in [4.69, 9.17) is 32.7 Å². The van der Waals surface area contributed by atoms with Crippen LogP contribution in [0.4, 0.5) is 5.13 Å². The molecule has 0 bridgehead atoms. The molecule has 8 heteroatoms. The summed E-state index contributed by atoms with van der Waals surface area (Å²) in [4.78, 5) is 5.44. The molecule has 4 rings (SSSR count). The molecular weight excluding hydrogens is 441 g/mol. The highest BCUT2D eigenvalue weighted by atomic mass is 35.5. The maximum atomic E-state index is 6.05. The number of halogens is 2. The van der Waals surface area contributed by atoms with Gasteiger partial charge >= 0.3 is 0 Å². The number of ether oxygens (including phenoxy) is 2. The van der Waals surface area contributed by atoms with Crippen LogP contribution in [0.1, 0.15) is 23.3 Å². The Bertz CT molecular complexity index is 959. The van der Waals surface area contributed by atoms with E-state index in [0.29, 0.717) is 35.1 Å². The van der Waals surface area contributed by atoms with Crippen LogP contribution in [-0.2, 0) is 13.2 Å². The molecule has 1 aromatic heterocycles. The third-order valence-corrected chi connectivity index (χ3v) is 6.45. The van der Waals surface area contributed by atoms with Gasteiger partial charge in [0.25, 0.3) is 0 Å². The van der Waals surface area contributed by atoms with Crippen molar-refractivity contribution >= 4 is 39.7 Å². The smallest absolute Gasteiger partial charge is 0.183 e. The zero-order valence-electron chi connectivity index (χ0n) is 16.4. The van der Waals surface area contributed by atoms with Gasteiger partial charge in [-0.3, -0.25) is 0 Å². The van der Waals surface area contributed by atoms with Gasteiger partial charge in [0.15, 0.2) is 5.13 Å². The molecule has 5 nitrogen and oxygen atoms in total. The van der Waals surface area contributed by atoms with E-state index in [1.165, 1.54) is 5.56 Å². The second-order valence-corrected chi connectivity index (χ2v) is 8.99. The van der Waals surface area contributed by atoms with Crippen LogP contribution in [0.5, 0.6) is 11.5 Å². The van der Waals surface area contributed by atoms with Gasteiger partial charge in [0.2, 0.25) is 0 Å². The maximum Gasteiger partial charge on any atom is 0.183 e. The highest BCUT2D eigenvalue weighted by Crippen LogP contribution is 2.28. The van der Waals surface area contributed by atoms with Crippen molar-refractivity contribution in [1.29, 1.82) is 0 Å². The van der Waals surface area contributed by atoms with Gasteiger partial charge in [0, 0.05) is 18.8 Å². The predicted molar refractivity (Wildman–Crippen MR) is 123 cm³/mol. The van der Waals surface area contributed by atoms with E-state index in [-0.39, 0.29) is 0 Å². The third-order valence-electron chi connectivity index (χ3n) is 4.78. The summed E-state index contributed by atoms with van der Waals surface area (Å²) in [6.07, 6.45) is 4.25. The average molecular weight is 464 g/mol. The van der Waals surface area contributed by atoms with Crippen molar-refractivity contribution < 1.29 is 9.47 Å². The van der Waals surface area contributed by atoms with E-state index in [1.54, 1.807) is 29.5 Å². The molecule has 1 aliphatic rings. The fourth-order valence-corrected chi connectivity index (χ4v) is 4.16. The lowest BCUT2D eigenvalue weighted by Crippen LogP contribution is -2.34. The van der Waals surface area contributed by atoms with Crippen LogP contribution in [0.15, 0.2) is 48.7 Å². The molecule has 158 valence electrons. The second-order valence-electron chi connectivity index (χ2n) is 7.06. The van der Waals surface area contributed by atoms with Crippen LogP contribution >= 0.6 is 34.5 Å². The Morgan fingerprint density at radius 2 is 1.80 bits per heavy atom. The van der Waals surface area contributed by atoms with Crippen LogP contribution in [0.3, 0.4) is 0 Å². The predicted octanol–water partition coefficient (Wildman–Crippen LogP) is 5.77. The minimum Gasteiger partial charge on any atom is -0.490 e. The zero-order valence-corrected chi connectivity index (χ0v) is 18.7. The molecule has 1 aliphatic heterocycles. The number of thiazole rings is 1. The summed E-state index contributed by atoms with van der Waals surface area (Å²) in [5.74, 6) is 1.61. The highest BCUT2D eigenvalue weighted by Gasteiger charge is 2.14. The third kappa shape index (κ3) is 6.01. The molecule has 30 heavy (non-hydrogen) atoms. The first kappa shape index (κ1) is 21.2. The maximum absolute atomic E-state index is 6.05. The number of piperidine rings is 1. The molecule has 2 heterocycles. The Balaban J connectivity index is 1.24. The SMILES string of the molecule is Clc1ccc(OCc2cnc(NCc3ccc(OC4CCNCC4)cc3)s2)cc1Cl. The van der Waals surface area contributed by atoms with Crippen molar-refractivity contribution in [3.63, 3.8) is 0 Å². The standard InChI is InChI=1S/C22H23Cl2N3O2S/c23-20-6-5-18(11-21(20)24)28-14-19-13-27-22(30-19)26-12-15-1-3-16(4-2-15)29-17-7-9-25-10-8-17/h1-6,11,13,17,25H,7-10,12,14H2,(H,26,27). The van der Waals surface area contributed by atoms with Crippen molar-refractivity contribution in [2.75, 3.05) is 18.4 Å². The van der Waals surface area contributed by atoms with Crippen molar-refractivity contribution in [3.05, 3.63) is 69.1 Å². The fraction of sp³-hybridized carbons (Fsp3) is 0.318. The fourth-order valence-electron chi connectivity index (χ4n) is 3.15. The molecular formula is C22H23Cl2N3O2S. The molecule has 0 saturated carbocycles. The van der Waals surface area contributed by atoms with Crippen molar-refractivity contribution in [2.24, 2.45) is 0 Å². The lowest BCUT2D eigenvalue weighted by atomic mass is 10.1. The summed E-state index contributed by atoms with van der Waals surface area (Å²) < 4.78 is 11.8. The molecule has 0 radical (unpaired) electrons. The number of hydrogen-bond acceptors (Lipinski definition) is 6. The largest absolute Gasteiger partial charge is 0.490 e. The summed E-state index contributed by atoms with van der Waals surface area (Å²) in [6.45, 7) is 3.19. The normalized spacial score (nSPS) is 14.5. The molecule has 2 aromatic carbocycles. The van der Waals surface area contributed by atoms with E-state index in [2.05, 4.69) is 27.8 Å². The van der Waals surface area contributed by atoms with Gasteiger partial charge in [0.05, 0.1) is 14.9 Å². The minimum atomic E-state index is 0.315. The van der Waals surface area contributed by atoms with E-state index < -0.39 is 0 Å². The van der Waals surface area contributed by atoms with Crippen LogP contribution < -0.4 is 20.1 Å². The lowest BCUT2D eigenvalue weighted by Gasteiger charge is -2.23. The van der Waals surface area contributed by atoms with Crippen LogP contribution in [0.25, 0.3) is 0 Å². The Morgan fingerprint density at radius 3 is 2.57 bits per heavy atom. The molecule has 2 N–H and O–H groups in total. The molecule has 0 atom stereocenters. The van der Waals surface area contributed by atoms with E-state index in [1.807, 2.05) is 18.3 Å². The molecule has 0 spiro atoms. The monoisotopic (exact) mass is 463 g/mol. The number of rotatable bonds is 8. The molecule has 3 aromatic rings. The van der Waals surface area contributed by atoms with Crippen LogP contribution in [0.2, 0.25) is 10.0 Å². The summed E-state index contributed by atoms with van der Waals surface area (Å²) in [5, 5.41) is 8.57. The van der Waals surface area contributed by atoms with Gasteiger partial charge in [-0.05, 0) is 55.8 Å². The van der Waals surface area contributed by atoms with Crippen LogP contribution in [0, 0.1) is 0 Å². The molecule has 0 unspecified atom stereocenters. The second kappa shape index (κ2) is 10.4. The molecule has 0 aliphatic carbocycles. The Hall–Kier alpha value is -1.99. The Labute approximate surface area is 190 Å². The Morgan fingerprint density at radius 1 is 1.03 bits per heavy atom. The first-order valence-electron chi connectivity index (χ1n) is 9.88. The number of benzene rings is 2. The van der Waals surface area contributed by atoms with Crippen molar-refractivity contribution in [2.45, 2.75) is 32.1 Å². The van der Waals surface area contributed by atoms with Crippen molar-refractivity contribution in [1.82, 2.24) is 10.3 Å². The summed E-state index contributed by atoms with van der Waals surface area (Å²) in [7, 11) is 0. The molecule has 0 amide bonds. The van der Waals surface area contributed by atoms with Gasteiger partial charge in [-0.15, -0.1) is 0 Å². The summed E-state index contributed by atoms with van der Waals surface area (Å²) >= 11 is 13.5. The van der Waals surface area contributed by atoms with E-state index in [9.17, 15) is 0 Å².